The molecule has 4 nitrogen and oxygen atoms in total. The Kier molecular flexibility index (Phi) is 6.45. The third-order valence-corrected chi connectivity index (χ3v) is 5.63. The van der Waals surface area contributed by atoms with Crippen LogP contribution in [0.4, 0.5) is 5.69 Å². The van der Waals surface area contributed by atoms with Gasteiger partial charge in [-0.1, -0.05) is 30.3 Å². The lowest BCUT2D eigenvalue weighted by atomic mass is 10.1. The number of para-hydroxylation sites is 1. The Bertz CT molecular complexity index is 753. The van der Waals surface area contributed by atoms with Gasteiger partial charge in [0.05, 0.1) is 6.04 Å². The number of guanidine groups is 1. The van der Waals surface area contributed by atoms with Gasteiger partial charge in [-0.25, -0.2) is 4.99 Å². The third kappa shape index (κ3) is 4.94. The smallest absolute Gasteiger partial charge is 0.199 e. The van der Waals surface area contributed by atoms with E-state index in [1.54, 1.807) is 6.26 Å². The molecule has 0 aromatic heterocycles. The summed E-state index contributed by atoms with van der Waals surface area (Å²) in [5, 5.41) is 3.51. The molecule has 1 aliphatic heterocycles. The summed E-state index contributed by atoms with van der Waals surface area (Å²) in [4.78, 5) is 8.20. The number of anilines is 1. The van der Waals surface area contributed by atoms with E-state index in [-0.39, 0.29) is 6.04 Å². The molecule has 2 unspecified atom stereocenters. The van der Waals surface area contributed by atoms with Crippen molar-refractivity contribution in [3.63, 3.8) is 0 Å². The first-order valence-electron chi connectivity index (χ1n) is 9.21. The molecule has 2 aromatic carbocycles. The van der Waals surface area contributed by atoms with Crippen molar-refractivity contribution in [1.82, 2.24) is 4.90 Å². The molecule has 0 aliphatic carbocycles. The second kappa shape index (κ2) is 8.99. The number of nitrogens with zero attached hydrogens (tertiary/aromatic N) is 2. The Morgan fingerprint density at radius 3 is 2.31 bits per heavy atom. The molecule has 0 saturated carbocycles. The Morgan fingerprint density at radius 1 is 1.04 bits per heavy atom. The number of hydrogen-bond donors (Lipinski definition) is 1. The minimum absolute atomic E-state index is 0.0301. The lowest BCUT2D eigenvalue weighted by molar-refractivity contribution is 0.339. The zero-order valence-electron chi connectivity index (χ0n) is 15.5. The van der Waals surface area contributed by atoms with Crippen LogP contribution >= 0.6 is 0 Å². The van der Waals surface area contributed by atoms with Crippen LogP contribution in [0.15, 0.2) is 64.5 Å². The molecule has 3 rings (SSSR count). The van der Waals surface area contributed by atoms with Crippen molar-refractivity contribution in [3.8, 4) is 0 Å². The van der Waals surface area contributed by atoms with Crippen LogP contribution in [-0.2, 0) is 10.8 Å². The van der Waals surface area contributed by atoms with E-state index >= 15 is 0 Å². The van der Waals surface area contributed by atoms with E-state index in [4.69, 9.17) is 4.99 Å². The van der Waals surface area contributed by atoms with Crippen LogP contribution in [0.5, 0.6) is 0 Å². The summed E-state index contributed by atoms with van der Waals surface area (Å²) in [5.41, 5.74) is 2.18. The summed E-state index contributed by atoms with van der Waals surface area (Å²) < 4.78 is 11.6. The van der Waals surface area contributed by atoms with E-state index in [2.05, 4.69) is 29.3 Å². The standard InChI is InChI=1S/C21H27N3OS/c1-17(18-11-13-20(14-12-18)26(2)25)22-21(24-15-7-4-8-16-24)23-19-9-5-3-6-10-19/h3,5-6,9-14,17H,4,7-8,15-16H2,1-2H3,(H,22,23). The van der Waals surface area contributed by atoms with Gasteiger partial charge < -0.3 is 10.2 Å². The number of likely N-dealkylation sites (tertiary alicyclic amines) is 1. The topological polar surface area (TPSA) is 44.7 Å². The molecule has 1 saturated heterocycles. The molecule has 5 heteroatoms. The zero-order valence-corrected chi connectivity index (χ0v) is 16.3. The van der Waals surface area contributed by atoms with Crippen LogP contribution in [0.3, 0.4) is 0 Å². The number of rotatable bonds is 4. The van der Waals surface area contributed by atoms with Gasteiger partial charge in [-0.3, -0.25) is 4.21 Å². The molecule has 0 amide bonds. The van der Waals surface area contributed by atoms with Gasteiger partial charge in [0, 0.05) is 40.7 Å². The summed E-state index contributed by atoms with van der Waals surface area (Å²) in [7, 11) is -0.948. The SMILES string of the molecule is CC(N=C(Nc1ccccc1)N1CCCCC1)c1ccc(S(C)=O)cc1. The zero-order chi connectivity index (χ0) is 18.4. The first-order chi connectivity index (χ1) is 12.6. The average molecular weight is 370 g/mol. The lowest BCUT2D eigenvalue weighted by Crippen LogP contribution is -2.40. The minimum Gasteiger partial charge on any atom is -0.343 e. The Hall–Kier alpha value is -2.14. The van der Waals surface area contributed by atoms with E-state index in [9.17, 15) is 4.21 Å². The summed E-state index contributed by atoms with van der Waals surface area (Å²) in [6.07, 6.45) is 5.41. The normalized spacial score (nSPS) is 17.6. The second-order valence-electron chi connectivity index (χ2n) is 6.69. The first kappa shape index (κ1) is 18.6. The number of benzene rings is 2. The van der Waals surface area contributed by atoms with Gasteiger partial charge in [0.2, 0.25) is 0 Å². The van der Waals surface area contributed by atoms with Crippen LogP contribution in [0.2, 0.25) is 0 Å². The lowest BCUT2D eigenvalue weighted by Gasteiger charge is -2.31. The highest BCUT2D eigenvalue weighted by molar-refractivity contribution is 7.84. The number of nitrogens with one attached hydrogen (secondary N) is 1. The van der Waals surface area contributed by atoms with Crippen molar-refractivity contribution < 1.29 is 4.21 Å². The van der Waals surface area contributed by atoms with E-state index in [0.29, 0.717) is 0 Å². The summed E-state index contributed by atoms with van der Waals surface area (Å²) in [6.45, 7) is 4.19. The Balaban J connectivity index is 1.82. The van der Waals surface area contributed by atoms with Crippen LogP contribution < -0.4 is 5.32 Å². The Labute approximate surface area is 158 Å². The highest BCUT2D eigenvalue weighted by Crippen LogP contribution is 2.21. The molecule has 2 aromatic rings. The van der Waals surface area contributed by atoms with E-state index in [1.165, 1.54) is 19.3 Å². The average Bonchev–Trinajstić information content (AvgIpc) is 2.69. The molecule has 26 heavy (non-hydrogen) atoms. The van der Waals surface area contributed by atoms with E-state index in [1.807, 2.05) is 42.5 Å². The number of aliphatic imine (C=N–C) groups is 1. The highest BCUT2D eigenvalue weighted by Gasteiger charge is 2.17. The number of piperidine rings is 1. The molecule has 0 radical (unpaired) electrons. The molecule has 138 valence electrons. The maximum absolute atomic E-state index is 11.6. The molecule has 1 N–H and O–H groups in total. The molecule has 0 spiro atoms. The second-order valence-corrected chi connectivity index (χ2v) is 8.07. The fourth-order valence-electron chi connectivity index (χ4n) is 3.15. The van der Waals surface area contributed by atoms with Gasteiger partial charge in [0.25, 0.3) is 0 Å². The summed E-state index contributed by atoms with van der Waals surface area (Å²) >= 11 is 0. The maximum Gasteiger partial charge on any atom is 0.199 e. The van der Waals surface area contributed by atoms with Crippen molar-refractivity contribution in [2.24, 2.45) is 4.99 Å². The van der Waals surface area contributed by atoms with E-state index in [0.717, 1.165) is 35.2 Å². The monoisotopic (exact) mass is 369 g/mol. The number of hydrogen-bond acceptors (Lipinski definition) is 2. The quantitative estimate of drug-likeness (QED) is 0.640. The largest absolute Gasteiger partial charge is 0.343 e. The molecule has 2 atom stereocenters. The van der Waals surface area contributed by atoms with Gasteiger partial charge in [-0.15, -0.1) is 0 Å². The van der Waals surface area contributed by atoms with Crippen molar-refractivity contribution in [1.29, 1.82) is 0 Å². The predicted octanol–water partition coefficient (Wildman–Crippen LogP) is 4.44. The maximum atomic E-state index is 11.6. The van der Waals surface area contributed by atoms with Gasteiger partial charge in [-0.05, 0) is 56.0 Å². The molecular formula is C21H27N3OS. The Morgan fingerprint density at radius 2 is 1.69 bits per heavy atom. The molecule has 1 fully saturated rings. The highest BCUT2D eigenvalue weighted by atomic mass is 32.2. The van der Waals surface area contributed by atoms with Gasteiger partial charge in [0.15, 0.2) is 5.96 Å². The third-order valence-electron chi connectivity index (χ3n) is 4.70. The predicted molar refractivity (Wildman–Crippen MR) is 110 cm³/mol. The van der Waals surface area contributed by atoms with Crippen molar-refractivity contribution in [2.45, 2.75) is 37.1 Å². The van der Waals surface area contributed by atoms with Crippen LogP contribution in [0.1, 0.15) is 37.8 Å². The first-order valence-corrected chi connectivity index (χ1v) is 10.8. The summed E-state index contributed by atoms with van der Waals surface area (Å²) in [6, 6.07) is 18.2. The van der Waals surface area contributed by atoms with Gasteiger partial charge >= 0.3 is 0 Å². The van der Waals surface area contributed by atoms with Crippen LogP contribution in [0, 0.1) is 0 Å². The molecule has 0 bridgehead atoms. The van der Waals surface area contributed by atoms with E-state index < -0.39 is 10.8 Å². The molecular weight excluding hydrogens is 342 g/mol. The minimum atomic E-state index is -0.948. The van der Waals surface area contributed by atoms with Crippen molar-refractivity contribution >= 4 is 22.4 Å². The fourth-order valence-corrected chi connectivity index (χ4v) is 3.66. The van der Waals surface area contributed by atoms with Gasteiger partial charge in [-0.2, -0.15) is 0 Å². The van der Waals surface area contributed by atoms with Gasteiger partial charge in [0.1, 0.15) is 0 Å². The fraction of sp³-hybridized carbons (Fsp3) is 0.381. The van der Waals surface area contributed by atoms with Crippen molar-refractivity contribution in [3.05, 3.63) is 60.2 Å². The van der Waals surface area contributed by atoms with Crippen molar-refractivity contribution in [2.75, 3.05) is 24.7 Å². The summed E-state index contributed by atoms with van der Waals surface area (Å²) in [5.74, 6) is 0.937. The molecule has 1 aliphatic rings. The van der Waals surface area contributed by atoms with Crippen LogP contribution in [0.25, 0.3) is 0 Å². The van der Waals surface area contributed by atoms with Crippen LogP contribution in [-0.4, -0.2) is 34.4 Å². The molecule has 1 heterocycles.